The van der Waals surface area contributed by atoms with Crippen LogP contribution >= 0.6 is 23.2 Å². The molecule has 1 aromatic carbocycles. The van der Waals surface area contributed by atoms with Crippen LogP contribution in [0, 0.1) is 0 Å². The van der Waals surface area contributed by atoms with Crippen LogP contribution in [0.2, 0.25) is 10.0 Å². The van der Waals surface area contributed by atoms with Crippen LogP contribution < -0.4 is 10.6 Å². The normalized spacial score (nSPS) is 14.2. The zero-order valence-electron chi connectivity index (χ0n) is 10.1. The zero-order valence-corrected chi connectivity index (χ0v) is 11.6. The van der Waals surface area contributed by atoms with Crippen molar-refractivity contribution in [2.24, 2.45) is 0 Å². The van der Waals surface area contributed by atoms with Gasteiger partial charge in [-0.25, -0.2) is 0 Å². The molecule has 17 heavy (non-hydrogen) atoms. The van der Waals surface area contributed by atoms with Gasteiger partial charge in [-0.15, -0.1) is 0 Å². The van der Waals surface area contributed by atoms with Crippen molar-refractivity contribution in [2.45, 2.75) is 25.9 Å². The van der Waals surface area contributed by atoms with Gasteiger partial charge in [0.15, 0.2) is 6.04 Å². The minimum atomic E-state index is -0.151. The fraction of sp³-hybridized carbons (Fsp3) is 0.417. The number of carbonyl (C=O) groups is 1. The van der Waals surface area contributed by atoms with Gasteiger partial charge in [0.05, 0.1) is 5.02 Å². The van der Waals surface area contributed by atoms with E-state index in [4.69, 9.17) is 23.2 Å². The summed E-state index contributed by atoms with van der Waals surface area (Å²) >= 11 is 12.0. The maximum atomic E-state index is 11.4. The second-order valence-electron chi connectivity index (χ2n) is 4.05. The van der Waals surface area contributed by atoms with E-state index in [0.717, 1.165) is 5.56 Å². The quantitative estimate of drug-likeness (QED) is 0.864. The molecule has 1 aromatic rings. The van der Waals surface area contributed by atoms with Crippen LogP contribution in [0.1, 0.15) is 25.5 Å². The molecule has 0 heterocycles. The van der Waals surface area contributed by atoms with E-state index in [-0.39, 0.29) is 18.0 Å². The molecule has 0 unspecified atom stereocenters. The third-order valence-corrected chi connectivity index (χ3v) is 3.25. The van der Waals surface area contributed by atoms with Gasteiger partial charge in [0.2, 0.25) is 0 Å². The summed E-state index contributed by atoms with van der Waals surface area (Å²) in [5.41, 5.74) is 0.979. The molecule has 3 nitrogen and oxygen atoms in total. The van der Waals surface area contributed by atoms with Gasteiger partial charge in [0.1, 0.15) is 6.04 Å². The number of halogens is 2. The summed E-state index contributed by atoms with van der Waals surface area (Å²) in [6.07, 6.45) is 0. The number of likely N-dealkylation sites (N-methyl/N-ethyl adjacent to an activating group) is 1. The first-order chi connectivity index (χ1) is 7.95. The maximum Gasteiger partial charge on any atom is 0.277 e. The van der Waals surface area contributed by atoms with Crippen molar-refractivity contribution < 1.29 is 10.1 Å². The fourth-order valence-electron chi connectivity index (χ4n) is 1.72. The lowest BCUT2D eigenvalue weighted by molar-refractivity contribution is -0.710. The van der Waals surface area contributed by atoms with Crippen molar-refractivity contribution in [1.82, 2.24) is 5.32 Å². The first kappa shape index (κ1) is 14.3. The van der Waals surface area contributed by atoms with Gasteiger partial charge in [0, 0.05) is 17.6 Å². The Kier molecular flexibility index (Phi) is 5.25. The third kappa shape index (κ3) is 3.87. The van der Waals surface area contributed by atoms with Gasteiger partial charge < -0.3 is 10.6 Å². The summed E-state index contributed by atoms with van der Waals surface area (Å²) in [5.74, 6) is 0.00179. The summed E-state index contributed by atoms with van der Waals surface area (Å²) in [6, 6.07) is 5.36. The first-order valence-electron chi connectivity index (χ1n) is 5.47. The first-order valence-corrected chi connectivity index (χ1v) is 6.22. The summed E-state index contributed by atoms with van der Waals surface area (Å²) in [7, 11) is 1.63. The molecule has 94 valence electrons. The van der Waals surface area contributed by atoms with E-state index in [9.17, 15) is 4.79 Å². The van der Waals surface area contributed by atoms with E-state index in [1.165, 1.54) is 0 Å². The molecule has 5 heteroatoms. The molecule has 3 N–H and O–H groups in total. The summed E-state index contributed by atoms with van der Waals surface area (Å²) in [5, 5.41) is 5.83. The monoisotopic (exact) mass is 275 g/mol. The summed E-state index contributed by atoms with van der Waals surface area (Å²) in [4.78, 5) is 11.4. The molecule has 0 aliphatic carbocycles. The molecule has 0 spiro atoms. The molecule has 0 bridgehead atoms. The standard InChI is InChI=1S/C12H16Cl2N2O/c1-7(16-8(2)12(17)15-3)10-5-4-9(13)6-11(10)14/h4-8,16H,1-3H3,(H,15,17)/p+1/t7-,8+/m0/s1. The fourth-order valence-corrected chi connectivity index (χ4v) is 2.30. The number of nitrogens with two attached hydrogens (primary N) is 1. The van der Waals surface area contributed by atoms with Crippen molar-refractivity contribution in [1.29, 1.82) is 0 Å². The number of rotatable bonds is 4. The Labute approximate surface area is 111 Å². The topological polar surface area (TPSA) is 45.7 Å². The number of quaternary nitrogens is 1. The Morgan fingerprint density at radius 1 is 1.35 bits per heavy atom. The number of hydrogen-bond donors (Lipinski definition) is 2. The molecular formula is C12H17Cl2N2O+. The van der Waals surface area contributed by atoms with Gasteiger partial charge in [-0.3, -0.25) is 4.79 Å². The Hall–Kier alpha value is -0.770. The number of nitrogens with one attached hydrogen (secondary N) is 1. The smallest absolute Gasteiger partial charge is 0.277 e. The molecule has 0 fully saturated rings. The van der Waals surface area contributed by atoms with E-state index in [1.54, 1.807) is 19.2 Å². The van der Waals surface area contributed by atoms with Crippen molar-refractivity contribution in [3.8, 4) is 0 Å². The van der Waals surface area contributed by atoms with Crippen LogP contribution in [-0.4, -0.2) is 19.0 Å². The lowest BCUT2D eigenvalue weighted by Gasteiger charge is -2.17. The lowest BCUT2D eigenvalue weighted by atomic mass is 10.1. The molecule has 0 saturated carbocycles. The average molecular weight is 276 g/mol. The number of hydrogen-bond acceptors (Lipinski definition) is 1. The Morgan fingerprint density at radius 3 is 2.53 bits per heavy atom. The lowest BCUT2D eigenvalue weighted by Crippen LogP contribution is -2.92. The SMILES string of the molecule is CNC(=O)[C@@H](C)[NH2+][C@@H](C)c1ccc(Cl)cc1Cl. The highest BCUT2D eigenvalue weighted by Gasteiger charge is 2.20. The predicted molar refractivity (Wildman–Crippen MR) is 70.3 cm³/mol. The van der Waals surface area contributed by atoms with Crippen LogP contribution in [0.15, 0.2) is 18.2 Å². The Balaban J connectivity index is 2.76. The second-order valence-corrected chi connectivity index (χ2v) is 4.89. The van der Waals surface area contributed by atoms with E-state index in [0.29, 0.717) is 10.0 Å². The van der Waals surface area contributed by atoms with E-state index in [2.05, 4.69) is 5.32 Å². The maximum absolute atomic E-state index is 11.4. The van der Waals surface area contributed by atoms with Gasteiger partial charge in [-0.05, 0) is 26.0 Å². The van der Waals surface area contributed by atoms with E-state index >= 15 is 0 Å². The van der Waals surface area contributed by atoms with Gasteiger partial charge >= 0.3 is 0 Å². The van der Waals surface area contributed by atoms with Crippen molar-refractivity contribution in [3.05, 3.63) is 33.8 Å². The van der Waals surface area contributed by atoms with Gasteiger partial charge in [-0.2, -0.15) is 0 Å². The Bertz CT molecular complexity index is 409. The van der Waals surface area contributed by atoms with Crippen LogP contribution in [0.4, 0.5) is 0 Å². The van der Waals surface area contributed by atoms with E-state index in [1.807, 2.05) is 25.2 Å². The number of benzene rings is 1. The van der Waals surface area contributed by atoms with Crippen molar-refractivity contribution in [3.63, 3.8) is 0 Å². The molecule has 1 amide bonds. The molecule has 1 rings (SSSR count). The molecule has 0 radical (unpaired) electrons. The minimum Gasteiger partial charge on any atom is -0.354 e. The molecule has 2 atom stereocenters. The van der Waals surface area contributed by atoms with Crippen LogP contribution in [0.3, 0.4) is 0 Å². The minimum absolute atomic E-state index is 0.00179. The molecule has 0 aliphatic rings. The van der Waals surface area contributed by atoms with Crippen molar-refractivity contribution in [2.75, 3.05) is 7.05 Å². The molecule has 0 saturated heterocycles. The summed E-state index contributed by atoms with van der Waals surface area (Å²) in [6.45, 7) is 3.87. The van der Waals surface area contributed by atoms with Crippen LogP contribution in [0.25, 0.3) is 0 Å². The third-order valence-electron chi connectivity index (χ3n) is 2.69. The second kappa shape index (κ2) is 6.24. The van der Waals surface area contributed by atoms with Gasteiger partial charge in [-0.1, -0.05) is 29.3 Å². The van der Waals surface area contributed by atoms with Crippen LogP contribution in [0.5, 0.6) is 0 Å². The highest BCUT2D eigenvalue weighted by Crippen LogP contribution is 2.24. The summed E-state index contributed by atoms with van der Waals surface area (Å²) < 4.78 is 0. The Morgan fingerprint density at radius 2 is 2.00 bits per heavy atom. The molecular weight excluding hydrogens is 259 g/mol. The highest BCUT2D eigenvalue weighted by molar-refractivity contribution is 6.35. The molecule has 0 aliphatic heterocycles. The highest BCUT2D eigenvalue weighted by atomic mass is 35.5. The number of carbonyl (C=O) groups excluding carboxylic acids is 1. The zero-order chi connectivity index (χ0) is 13.0. The predicted octanol–water partition coefficient (Wildman–Crippen LogP) is 1.75. The number of amides is 1. The van der Waals surface area contributed by atoms with E-state index < -0.39 is 0 Å². The van der Waals surface area contributed by atoms with Gasteiger partial charge in [0.25, 0.3) is 5.91 Å². The van der Waals surface area contributed by atoms with Crippen molar-refractivity contribution >= 4 is 29.1 Å². The largest absolute Gasteiger partial charge is 0.354 e. The average Bonchev–Trinajstić information content (AvgIpc) is 2.27. The molecule has 0 aromatic heterocycles. The van der Waals surface area contributed by atoms with Crippen LogP contribution in [-0.2, 0) is 4.79 Å².